The fraction of sp³-hybridized carbons (Fsp3) is 1.00. The quantitative estimate of drug-likeness (QED) is 0.756. The van der Waals surface area contributed by atoms with Crippen LogP contribution in [0.1, 0.15) is 19.3 Å². The minimum Gasteiger partial charge on any atom is -0.330 e. The average Bonchev–Trinajstić information content (AvgIpc) is 1.95. The number of piperidine rings is 1. The Morgan fingerprint density at radius 3 is 2.17 bits per heavy atom. The van der Waals surface area contributed by atoms with Crippen LogP contribution in [-0.4, -0.2) is 31.6 Å². The third-order valence-electron chi connectivity index (χ3n) is 2.41. The molecule has 1 rings (SSSR count). The monoisotopic (exact) mass is 214 g/mol. The first-order chi connectivity index (χ1) is 4.83. The van der Waals surface area contributed by atoms with E-state index in [2.05, 4.69) is 11.9 Å². The maximum absolute atomic E-state index is 5.48. The van der Waals surface area contributed by atoms with Gasteiger partial charge in [-0.1, -0.05) is 0 Å². The highest BCUT2D eigenvalue weighted by molar-refractivity contribution is 5.85. The van der Waals surface area contributed by atoms with Gasteiger partial charge in [0.25, 0.3) is 0 Å². The molecule has 0 spiro atoms. The number of rotatable bonds is 2. The lowest BCUT2D eigenvalue weighted by Crippen LogP contribution is -2.30. The van der Waals surface area contributed by atoms with E-state index in [1.54, 1.807) is 0 Å². The van der Waals surface area contributed by atoms with Gasteiger partial charge in [-0.15, -0.1) is 24.8 Å². The molecule has 76 valence electrons. The third-order valence-corrected chi connectivity index (χ3v) is 2.41. The summed E-state index contributed by atoms with van der Waals surface area (Å²) in [6.45, 7) is 3.41. The summed E-state index contributed by atoms with van der Waals surface area (Å²) in [5, 5.41) is 0. The van der Waals surface area contributed by atoms with Gasteiger partial charge in [0.1, 0.15) is 0 Å². The molecule has 1 heterocycles. The van der Waals surface area contributed by atoms with E-state index in [0.717, 1.165) is 12.5 Å². The van der Waals surface area contributed by atoms with Gasteiger partial charge in [0.15, 0.2) is 0 Å². The first-order valence-electron chi connectivity index (χ1n) is 4.21. The standard InChI is InChI=1S/C8H18N2.2ClH/c1-10-6-3-8(2-5-9)4-7-10;;/h8H,2-7,9H2,1H3;2*1H. The predicted octanol–water partition coefficient (Wildman–Crippen LogP) is 1.52. The summed E-state index contributed by atoms with van der Waals surface area (Å²) in [6, 6.07) is 0. The second-order valence-electron chi connectivity index (χ2n) is 3.32. The molecule has 1 aliphatic heterocycles. The van der Waals surface area contributed by atoms with Crippen LogP contribution >= 0.6 is 24.8 Å². The van der Waals surface area contributed by atoms with Crippen LogP contribution in [0.25, 0.3) is 0 Å². The third kappa shape index (κ3) is 5.20. The van der Waals surface area contributed by atoms with E-state index in [1.165, 1.54) is 32.4 Å². The van der Waals surface area contributed by atoms with Gasteiger partial charge in [0.05, 0.1) is 0 Å². The molecule has 0 atom stereocenters. The Labute approximate surface area is 87.7 Å². The first-order valence-corrected chi connectivity index (χ1v) is 4.21. The van der Waals surface area contributed by atoms with Crippen LogP contribution in [-0.2, 0) is 0 Å². The number of likely N-dealkylation sites (tertiary alicyclic amines) is 1. The van der Waals surface area contributed by atoms with Crippen molar-refractivity contribution in [3.8, 4) is 0 Å². The molecular weight excluding hydrogens is 195 g/mol. The minimum atomic E-state index is 0. The van der Waals surface area contributed by atoms with Gasteiger partial charge in [-0.2, -0.15) is 0 Å². The van der Waals surface area contributed by atoms with Crippen molar-refractivity contribution in [1.82, 2.24) is 4.90 Å². The molecule has 1 saturated heterocycles. The lowest BCUT2D eigenvalue weighted by Gasteiger charge is -2.28. The van der Waals surface area contributed by atoms with E-state index >= 15 is 0 Å². The van der Waals surface area contributed by atoms with Gasteiger partial charge in [-0.05, 0) is 51.9 Å². The number of nitrogens with zero attached hydrogens (tertiary/aromatic N) is 1. The summed E-state index contributed by atoms with van der Waals surface area (Å²) < 4.78 is 0. The van der Waals surface area contributed by atoms with E-state index in [9.17, 15) is 0 Å². The maximum Gasteiger partial charge on any atom is -0.00191 e. The van der Waals surface area contributed by atoms with Crippen LogP contribution in [0.5, 0.6) is 0 Å². The summed E-state index contributed by atoms with van der Waals surface area (Å²) in [6.07, 6.45) is 3.94. The lowest BCUT2D eigenvalue weighted by molar-refractivity contribution is 0.214. The molecule has 1 fully saturated rings. The molecule has 0 amide bonds. The fourth-order valence-corrected chi connectivity index (χ4v) is 1.59. The Balaban J connectivity index is 0. The van der Waals surface area contributed by atoms with Crippen LogP contribution in [0.2, 0.25) is 0 Å². The van der Waals surface area contributed by atoms with Crippen molar-refractivity contribution in [2.75, 3.05) is 26.7 Å². The zero-order valence-electron chi connectivity index (χ0n) is 7.66. The SMILES string of the molecule is CN1CCC(CCN)CC1.Cl.Cl. The molecule has 0 aromatic rings. The summed E-state index contributed by atoms with van der Waals surface area (Å²) in [5.74, 6) is 0.918. The molecule has 1 aliphatic rings. The molecule has 0 aliphatic carbocycles. The van der Waals surface area contributed by atoms with Crippen molar-refractivity contribution in [1.29, 1.82) is 0 Å². The van der Waals surface area contributed by atoms with Crippen molar-refractivity contribution >= 4 is 24.8 Å². The van der Waals surface area contributed by atoms with Gasteiger partial charge < -0.3 is 10.6 Å². The van der Waals surface area contributed by atoms with Gasteiger partial charge in [-0.3, -0.25) is 0 Å². The molecule has 0 aromatic heterocycles. The number of hydrogen-bond donors (Lipinski definition) is 1. The molecule has 0 saturated carbocycles. The second-order valence-corrected chi connectivity index (χ2v) is 3.32. The van der Waals surface area contributed by atoms with Crippen molar-refractivity contribution in [2.45, 2.75) is 19.3 Å². The predicted molar refractivity (Wildman–Crippen MR) is 58.4 cm³/mol. The molecular formula is C8H20Cl2N2. The molecule has 0 unspecified atom stereocenters. The molecule has 0 aromatic carbocycles. The molecule has 12 heavy (non-hydrogen) atoms. The number of hydrogen-bond acceptors (Lipinski definition) is 2. The zero-order valence-corrected chi connectivity index (χ0v) is 9.29. The van der Waals surface area contributed by atoms with Crippen molar-refractivity contribution < 1.29 is 0 Å². The largest absolute Gasteiger partial charge is 0.330 e. The molecule has 4 heteroatoms. The van der Waals surface area contributed by atoms with Gasteiger partial charge in [-0.25, -0.2) is 0 Å². The summed E-state index contributed by atoms with van der Waals surface area (Å²) in [7, 11) is 2.19. The molecule has 0 radical (unpaired) electrons. The van der Waals surface area contributed by atoms with Crippen LogP contribution in [0.15, 0.2) is 0 Å². The van der Waals surface area contributed by atoms with Gasteiger partial charge in [0.2, 0.25) is 0 Å². The molecule has 0 bridgehead atoms. The first kappa shape index (κ1) is 15.0. The zero-order chi connectivity index (χ0) is 7.40. The normalized spacial score (nSPS) is 19.5. The minimum absolute atomic E-state index is 0. The van der Waals surface area contributed by atoms with E-state index in [1.807, 2.05) is 0 Å². The maximum atomic E-state index is 5.48. The van der Waals surface area contributed by atoms with E-state index in [0.29, 0.717) is 0 Å². The van der Waals surface area contributed by atoms with E-state index in [-0.39, 0.29) is 24.8 Å². The lowest BCUT2D eigenvalue weighted by atomic mass is 9.94. The van der Waals surface area contributed by atoms with Crippen molar-refractivity contribution in [3.05, 3.63) is 0 Å². The average molecular weight is 215 g/mol. The smallest absolute Gasteiger partial charge is 0.00191 e. The Kier molecular flexibility index (Phi) is 10.1. The molecule has 2 nitrogen and oxygen atoms in total. The highest BCUT2D eigenvalue weighted by atomic mass is 35.5. The van der Waals surface area contributed by atoms with Crippen LogP contribution in [0.3, 0.4) is 0 Å². The highest BCUT2D eigenvalue weighted by Gasteiger charge is 2.14. The van der Waals surface area contributed by atoms with Gasteiger partial charge in [0, 0.05) is 0 Å². The summed E-state index contributed by atoms with van der Waals surface area (Å²) in [5.41, 5.74) is 5.48. The Morgan fingerprint density at radius 1 is 1.25 bits per heavy atom. The molecule has 2 N–H and O–H groups in total. The number of halogens is 2. The fourth-order valence-electron chi connectivity index (χ4n) is 1.59. The van der Waals surface area contributed by atoms with Crippen LogP contribution in [0, 0.1) is 5.92 Å². The van der Waals surface area contributed by atoms with Gasteiger partial charge >= 0.3 is 0 Å². The van der Waals surface area contributed by atoms with E-state index < -0.39 is 0 Å². The van der Waals surface area contributed by atoms with Crippen LogP contribution < -0.4 is 5.73 Å². The second kappa shape index (κ2) is 8.11. The highest BCUT2D eigenvalue weighted by Crippen LogP contribution is 2.18. The topological polar surface area (TPSA) is 29.3 Å². The van der Waals surface area contributed by atoms with Crippen molar-refractivity contribution in [3.63, 3.8) is 0 Å². The Hall–Kier alpha value is 0.500. The number of nitrogens with two attached hydrogens (primary N) is 1. The Bertz CT molecular complexity index is 93.1. The van der Waals surface area contributed by atoms with Crippen LogP contribution in [0.4, 0.5) is 0 Å². The Morgan fingerprint density at radius 2 is 1.75 bits per heavy atom. The van der Waals surface area contributed by atoms with E-state index in [4.69, 9.17) is 5.73 Å². The summed E-state index contributed by atoms with van der Waals surface area (Å²) in [4.78, 5) is 2.40. The van der Waals surface area contributed by atoms with Crippen molar-refractivity contribution in [2.24, 2.45) is 11.7 Å². The summed E-state index contributed by atoms with van der Waals surface area (Å²) >= 11 is 0.